The van der Waals surface area contributed by atoms with Gasteiger partial charge in [0.05, 0.1) is 11.0 Å². The number of H-pyrrole nitrogens is 1. The number of fused-ring (bicyclic) bond motifs is 1. The summed E-state index contributed by atoms with van der Waals surface area (Å²) in [5.74, 6) is 0. The van der Waals surface area contributed by atoms with Crippen molar-refractivity contribution in [3.05, 3.63) is 34.7 Å². The molecule has 0 aliphatic heterocycles. The molecule has 0 radical (unpaired) electrons. The van der Waals surface area contributed by atoms with Gasteiger partial charge in [0.25, 0.3) is 0 Å². The Labute approximate surface area is 72.8 Å². The van der Waals surface area contributed by atoms with Gasteiger partial charge in [-0.05, 0) is 12.1 Å². The highest BCUT2D eigenvalue weighted by atomic mass is 16.2. The van der Waals surface area contributed by atoms with Gasteiger partial charge in [-0.2, -0.15) is 0 Å². The van der Waals surface area contributed by atoms with Crippen LogP contribution < -0.4 is 11.4 Å². The van der Waals surface area contributed by atoms with Crippen LogP contribution >= 0.6 is 0 Å². The van der Waals surface area contributed by atoms with E-state index in [9.17, 15) is 9.59 Å². The number of carbonyl (C=O) groups is 1. The summed E-state index contributed by atoms with van der Waals surface area (Å²) in [5, 5.41) is 0. The van der Waals surface area contributed by atoms with Crippen LogP contribution in [0.15, 0.2) is 29.1 Å². The second kappa shape index (κ2) is 2.48. The average molecular weight is 177 g/mol. The van der Waals surface area contributed by atoms with Crippen molar-refractivity contribution in [3.63, 3.8) is 0 Å². The molecule has 0 fully saturated rings. The Kier molecular flexibility index (Phi) is 1.45. The summed E-state index contributed by atoms with van der Waals surface area (Å²) in [4.78, 5) is 24.6. The van der Waals surface area contributed by atoms with E-state index in [2.05, 4.69) is 4.98 Å². The monoisotopic (exact) mass is 177 g/mol. The predicted molar refractivity (Wildman–Crippen MR) is 47.5 cm³/mol. The number of para-hydroxylation sites is 2. The molecule has 66 valence electrons. The quantitative estimate of drug-likeness (QED) is 0.605. The Balaban J connectivity index is 2.95. The van der Waals surface area contributed by atoms with Crippen molar-refractivity contribution in [2.24, 2.45) is 5.73 Å². The van der Waals surface area contributed by atoms with Gasteiger partial charge in [0.2, 0.25) is 0 Å². The van der Waals surface area contributed by atoms with Crippen LogP contribution in [0.25, 0.3) is 11.0 Å². The predicted octanol–water partition coefficient (Wildman–Crippen LogP) is 0.256. The number of hydrogen-bond acceptors (Lipinski definition) is 2. The van der Waals surface area contributed by atoms with Crippen molar-refractivity contribution in [2.45, 2.75) is 0 Å². The molecule has 3 N–H and O–H groups in total. The third-order valence-corrected chi connectivity index (χ3v) is 1.81. The van der Waals surface area contributed by atoms with Crippen molar-refractivity contribution < 1.29 is 4.79 Å². The van der Waals surface area contributed by atoms with Crippen molar-refractivity contribution in [1.29, 1.82) is 0 Å². The van der Waals surface area contributed by atoms with Gasteiger partial charge < -0.3 is 10.7 Å². The van der Waals surface area contributed by atoms with Crippen molar-refractivity contribution in [2.75, 3.05) is 0 Å². The summed E-state index contributed by atoms with van der Waals surface area (Å²) in [6.45, 7) is 0. The maximum absolute atomic E-state index is 11.2. The van der Waals surface area contributed by atoms with E-state index in [4.69, 9.17) is 5.73 Å². The SMILES string of the molecule is NC(=O)n1c(=O)[nH]c2ccccc21. The van der Waals surface area contributed by atoms with Crippen LogP contribution in [0.5, 0.6) is 0 Å². The van der Waals surface area contributed by atoms with Crippen LogP contribution in [-0.2, 0) is 0 Å². The van der Waals surface area contributed by atoms with E-state index in [1.54, 1.807) is 24.3 Å². The number of nitrogens with zero attached hydrogens (tertiary/aromatic N) is 1. The Morgan fingerprint density at radius 2 is 2.08 bits per heavy atom. The summed E-state index contributed by atoms with van der Waals surface area (Å²) in [6, 6.07) is 6.08. The molecule has 1 heterocycles. The molecule has 13 heavy (non-hydrogen) atoms. The van der Waals surface area contributed by atoms with Gasteiger partial charge in [0, 0.05) is 0 Å². The van der Waals surface area contributed by atoms with Gasteiger partial charge in [-0.25, -0.2) is 14.2 Å². The fourth-order valence-electron chi connectivity index (χ4n) is 1.27. The van der Waals surface area contributed by atoms with Gasteiger partial charge >= 0.3 is 11.7 Å². The number of nitrogens with one attached hydrogen (secondary N) is 1. The minimum absolute atomic E-state index is 0.500. The largest absolute Gasteiger partial charge is 0.351 e. The first-order valence-electron chi connectivity index (χ1n) is 3.70. The van der Waals surface area contributed by atoms with E-state index >= 15 is 0 Å². The first kappa shape index (κ1) is 7.60. The molecule has 0 atom stereocenters. The topological polar surface area (TPSA) is 80.9 Å². The highest BCUT2D eigenvalue weighted by molar-refractivity contribution is 5.87. The molecular weight excluding hydrogens is 170 g/mol. The molecule has 0 unspecified atom stereocenters. The number of imidazole rings is 1. The van der Waals surface area contributed by atoms with E-state index in [0.29, 0.717) is 11.0 Å². The molecule has 5 heteroatoms. The number of hydrogen-bond donors (Lipinski definition) is 2. The Hall–Kier alpha value is -2.04. The molecule has 2 aromatic rings. The third kappa shape index (κ3) is 1.01. The molecule has 5 nitrogen and oxygen atoms in total. The molecule has 0 bridgehead atoms. The number of carbonyl (C=O) groups excluding carboxylic acids is 1. The number of amides is 1. The van der Waals surface area contributed by atoms with Crippen LogP contribution in [-0.4, -0.2) is 15.6 Å². The van der Waals surface area contributed by atoms with Crippen LogP contribution in [0.4, 0.5) is 4.79 Å². The molecular formula is C8H7N3O2. The number of aromatic nitrogens is 2. The summed E-state index contributed by atoms with van der Waals surface area (Å²) >= 11 is 0. The first-order chi connectivity index (χ1) is 6.20. The number of aromatic amines is 1. The lowest BCUT2D eigenvalue weighted by molar-refractivity contribution is 0.250. The van der Waals surface area contributed by atoms with E-state index in [1.165, 1.54) is 0 Å². The number of rotatable bonds is 0. The minimum atomic E-state index is -0.776. The van der Waals surface area contributed by atoms with Gasteiger partial charge in [-0.15, -0.1) is 0 Å². The van der Waals surface area contributed by atoms with Crippen molar-refractivity contribution >= 4 is 17.1 Å². The van der Waals surface area contributed by atoms with E-state index < -0.39 is 11.7 Å². The minimum Gasteiger partial charge on any atom is -0.351 e. The van der Waals surface area contributed by atoms with Gasteiger partial charge in [0.1, 0.15) is 0 Å². The maximum Gasteiger partial charge on any atom is 0.334 e. The Morgan fingerprint density at radius 3 is 2.77 bits per heavy atom. The normalized spacial score (nSPS) is 10.5. The number of benzene rings is 1. The first-order valence-corrected chi connectivity index (χ1v) is 3.70. The molecule has 0 aliphatic rings. The lowest BCUT2D eigenvalue weighted by Crippen LogP contribution is -2.29. The average Bonchev–Trinajstić information content (AvgIpc) is 2.39. The smallest absolute Gasteiger partial charge is 0.334 e. The molecule has 0 spiro atoms. The van der Waals surface area contributed by atoms with Gasteiger partial charge in [0.15, 0.2) is 0 Å². The number of nitrogens with two attached hydrogens (primary N) is 1. The van der Waals surface area contributed by atoms with Crippen LogP contribution in [0, 0.1) is 0 Å². The highest BCUT2D eigenvalue weighted by Crippen LogP contribution is 2.07. The highest BCUT2D eigenvalue weighted by Gasteiger charge is 2.08. The lowest BCUT2D eigenvalue weighted by atomic mass is 10.3. The fraction of sp³-hybridized carbons (Fsp3) is 0. The summed E-state index contributed by atoms with van der Waals surface area (Å²) in [7, 11) is 0. The molecule has 0 saturated carbocycles. The van der Waals surface area contributed by atoms with Crippen molar-refractivity contribution in [1.82, 2.24) is 9.55 Å². The molecule has 2 rings (SSSR count). The fourth-order valence-corrected chi connectivity index (χ4v) is 1.27. The van der Waals surface area contributed by atoms with Crippen LogP contribution in [0.3, 0.4) is 0 Å². The summed E-state index contributed by atoms with van der Waals surface area (Å²) < 4.78 is 0.898. The maximum atomic E-state index is 11.2. The molecule has 1 aromatic heterocycles. The van der Waals surface area contributed by atoms with E-state index in [0.717, 1.165) is 4.57 Å². The standard InChI is InChI=1S/C8H7N3O2/c9-7(12)11-6-4-2-1-3-5(6)10-8(11)13/h1-4H,(H2,9,12)(H,10,13). The Bertz CT molecular complexity index is 523. The van der Waals surface area contributed by atoms with Crippen LogP contribution in [0.2, 0.25) is 0 Å². The number of primary amides is 1. The molecule has 0 saturated heterocycles. The zero-order valence-electron chi connectivity index (χ0n) is 6.65. The van der Waals surface area contributed by atoms with Gasteiger partial charge in [-0.3, -0.25) is 0 Å². The second-order valence-electron chi connectivity index (χ2n) is 2.62. The molecule has 1 amide bonds. The zero-order chi connectivity index (χ0) is 9.42. The van der Waals surface area contributed by atoms with Crippen molar-refractivity contribution in [3.8, 4) is 0 Å². The zero-order valence-corrected chi connectivity index (χ0v) is 6.65. The van der Waals surface area contributed by atoms with E-state index in [-0.39, 0.29) is 0 Å². The molecule has 0 aliphatic carbocycles. The molecule has 1 aromatic carbocycles. The lowest BCUT2D eigenvalue weighted by Gasteiger charge is -1.93. The third-order valence-electron chi connectivity index (χ3n) is 1.81. The Morgan fingerprint density at radius 1 is 1.38 bits per heavy atom. The second-order valence-corrected chi connectivity index (χ2v) is 2.62. The van der Waals surface area contributed by atoms with Crippen LogP contribution in [0.1, 0.15) is 0 Å². The summed E-state index contributed by atoms with van der Waals surface area (Å²) in [6.07, 6.45) is 0. The van der Waals surface area contributed by atoms with Gasteiger partial charge in [-0.1, -0.05) is 12.1 Å². The van der Waals surface area contributed by atoms with E-state index in [1.807, 2.05) is 0 Å². The summed E-state index contributed by atoms with van der Waals surface area (Å²) in [5.41, 5.74) is 5.63.